The van der Waals surface area contributed by atoms with Crippen LogP contribution in [0.3, 0.4) is 0 Å². The molecule has 0 radical (unpaired) electrons. The highest BCUT2D eigenvalue weighted by molar-refractivity contribution is 7.86. The van der Waals surface area contributed by atoms with E-state index in [2.05, 4.69) is 16.9 Å². The summed E-state index contributed by atoms with van der Waals surface area (Å²) >= 11 is 0. The van der Waals surface area contributed by atoms with Gasteiger partial charge in [-0.05, 0) is 35.6 Å². The van der Waals surface area contributed by atoms with Crippen LogP contribution in [0.2, 0.25) is 0 Å². The van der Waals surface area contributed by atoms with Crippen molar-refractivity contribution in [1.29, 1.82) is 0 Å². The van der Waals surface area contributed by atoms with Gasteiger partial charge in [-0.1, -0.05) is 25.9 Å². The lowest BCUT2D eigenvalue weighted by atomic mass is 9.69. The molecule has 0 saturated heterocycles. The van der Waals surface area contributed by atoms with Gasteiger partial charge in [0.2, 0.25) is 0 Å². The van der Waals surface area contributed by atoms with Crippen molar-refractivity contribution in [2.45, 2.75) is 32.4 Å². The second kappa shape index (κ2) is 5.25. The monoisotopic (exact) mass is 261 g/mol. The average molecular weight is 261 g/mol. The van der Waals surface area contributed by atoms with Crippen molar-refractivity contribution in [2.75, 3.05) is 6.54 Å². The maximum absolute atomic E-state index is 11.4. The minimum absolute atomic E-state index is 0.127. The van der Waals surface area contributed by atoms with Gasteiger partial charge in [-0.3, -0.25) is 4.55 Å². The van der Waals surface area contributed by atoms with Gasteiger partial charge in [0.25, 0.3) is 10.1 Å². The Kier molecular flexibility index (Phi) is 4.41. The van der Waals surface area contributed by atoms with Crippen molar-refractivity contribution in [3.8, 4) is 0 Å². The van der Waals surface area contributed by atoms with Crippen molar-refractivity contribution in [3.05, 3.63) is 10.4 Å². The highest BCUT2D eigenvalue weighted by atomic mass is 32.2. The Morgan fingerprint density at radius 2 is 1.94 bits per heavy atom. The summed E-state index contributed by atoms with van der Waals surface area (Å²) in [5.74, 6) is 0.167. The van der Waals surface area contributed by atoms with Gasteiger partial charge in [0.1, 0.15) is 0 Å². The summed E-state index contributed by atoms with van der Waals surface area (Å²) in [6, 6.07) is 0. The smallest absolute Gasteiger partial charge is 0.268 e. The van der Waals surface area contributed by atoms with E-state index in [4.69, 9.17) is 5.53 Å². The zero-order valence-electron chi connectivity index (χ0n) is 10.3. The minimum atomic E-state index is -4.09. The summed E-state index contributed by atoms with van der Waals surface area (Å²) in [7, 11) is -4.09. The Balaban J connectivity index is 3.03. The van der Waals surface area contributed by atoms with E-state index in [0.717, 1.165) is 0 Å². The zero-order valence-corrected chi connectivity index (χ0v) is 11.1. The lowest BCUT2D eigenvalue weighted by Crippen LogP contribution is -2.46. The quantitative estimate of drug-likeness (QED) is 0.365. The Bertz CT molecular complexity index is 417. The highest BCUT2D eigenvalue weighted by Gasteiger charge is 2.44. The van der Waals surface area contributed by atoms with Crippen LogP contribution in [0.5, 0.6) is 0 Å². The molecular formula is C10H19N3O3S. The third kappa shape index (κ3) is 3.12. The van der Waals surface area contributed by atoms with Crippen molar-refractivity contribution in [3.63, 3.8) is 0 Å². The first-order valence-corrected chi connectivity index (χ1v) is 7.26. The van der Waals surface area contributed by atoms with E-state index in [-0.39, 0.29) is 24.3 Å². The van der Waals surface area contributed by atoms with E-state index >= 15 is 0 Å². The molecule has 7 heteroatoms. The summed E-state index contributed by atoms with van der Waals surface area (Å²) in [4.78, 5) is 2.66. The molecule has 0 spiro atoms. The largest absolute Gasteiger partial charge is 0.285 e. The Morgan fingerprint density at radius 3 is 2.41 bits per heavy atom. The van der Waals surface area contributed by atoms with E-state index in [1.807, 2.05) is 13.8 Å². The molecule has 5 atom stereocenters. The number of hydrogen-bond donors (Lipinski definition) is 1. The molecule has 0 aliphatic heterocycles. The molecule has 0 aromatic heterocycles. The number of azide groups is 1. The summed E-state index contributed by atoms with van der Waals surface area (Å²) in [6.45, 7) is 6.02. The van der Waals surface area contributed by atoms with Crippen LogP contribution in [-0.2, 0) is 10.1 Å². The average Bonchev–Trinajstić information content (AvgIpc) is 2.20. The van der Waals surface area contributed by atoms with Gasteiger partial charge in [-0.25, -0.2) is 0 Å². The third-order valence-corrected chi connectivity index (χ3v) is 5.61. The summed E-state index contributed by atoms with van der Waals surface area (Å²) in [5, 5.41) is 2.64. The SMILES string of the molecule is CC1CC(CN=[N+]=[N-])C(S(=O)(=O)O)C(C)C1C. The molecule has 0 aromatic rings. The van der Waals surface area contributed by atoms with Crippen molar-refractivity contribution in [1.82, 2.24) is 0 Å². The normalized spacial score (nSPS) is 38.5. The predicted molar refractivity (Wildman–Crippen MR) is 64.9 cm³/mol. The van der Waals surface area contributed by atoms with E-state index in [9.17, 15) is 13.0 Å². The molecule has 6 nitrogen and oxygen atoms in total. The van der Waals surface area contributed by atoms with Gasteiger partial charge in [0, 0.05) is 11.5 Å². The van der Waals surface area contributed by atoms with Gasteiger partial charge < -0.3 is 0 Å². The lowest BCUT2D eigenvalue weighted by molar-refractivity contribution is 0.144. The third-order valence-electron chi connectivity index (χ3n) is 4.11. The van der Waals surface area contributed by atoms with Crippen LogP contribution in [0.25, 0.3) is 10.4 Å². The maximum atomic E-state index is 11.4. The number of rotatable bonds is 3. The Hall–Kier alpha value is -0.780. The number of nitrogens with zero attached hydrogens (tertiary/aromatic N) is 3. The van der Waals surface area contributed by atoms with Crippen LogP contribution in [0.15, 0.2) is 5.11 Å². The molecule has 0 aromatic carbocycles. The summed E-state index contributed by atoms with van der Waals surface area (Å²) in [5.41, 5.74) is 8.32. The van der Waals surface area contributed by atoms with Gasteiger partial charge in [-0.2, -0.15) is 8.42 Å². The lowest BCUT2D eigenvalue weighted by Gasteiger charge is -2.41. The Labute approximate surface area is 102 Å². The van der Waals surface area contributed by atoms with Crippen LogP contribution in [0, 0.1) is 23.7 Å². The van der Waals surface area contributed by atoms with Crippen molar-refractivity contribution >= 4 is 10.1 Å². The summed E-state index contributed by atoms with van der Waals surface area (Å²) in [6.07, 6.45) is 0.662. The molecule has 1 aliphatic rings. The first-order chi connectivity index (χ1) is 7.79. The molecule has 1 aliphatic carbocycles. The van der Waals surface area contributed by atoms with Crippen LogP contribution in [0.1, 0.15) is 27.2 Å². The van der Waals surface area contributed by atoms with Gasteiger partial charge in [0.05, 0.1) is 5.25 Å². The van der Waals surface area contributed by atoms with Gasteiger partial charge in [0.15, 0.2) is 0 Å². The molecule has 5 unspecified atom stereocenters. The second-order valence-corrected chi connectivity index (χ2v) is 6.66. The Morgan fingerprint density at radius 1 is 1.35 bits per heavy atom. The van der Waals surface area contributed by atoms with E-state index in [0.29, 0.717) is 12.3 Å². The van der Waals surface area contributed by atoms with Crippen LogP contribution in [0.4, 0.5) is 0 Å². The van der Waals surface area contributed by atoms with Gasteiger partial charge >= 0.3 is 0 Å². The van der Waals surface area contributed by atoms with E-state index in [1.165, 1.54) is 0 Å². The topological polar surface area (TPSA) is 103 Å². The fraction of sp³-hybridized carbons (Fsp3) is 1.00. The molecule has 17 heavy (non-hydrogen) atoms. The van der Waals surface area contributed by atoms with Crippen molar-refractivity contribution in [2.24, 2.45) is 28.8 Å². The standard InChI is InChI=1S/C10H19N3O3S/c1-6-4-9(5-12-13-11)10(17(14,15)16)8(3)7(6)2/h6-10H,4-5H2,1-3H3,(H,14,15,16). The fourth-order valence-corrected chi connectivity index (χ4v) is 4.38. The highest BCUT2D eigenvalue weighted by Crippen LogP contribution is 2.41. The molecule has 1 fully saturated rings. The molecular weight excluding hydrogens is 242 g/mol. The molecule has 0 amide bonds. The first kappa shape index (κ1) is 14.3. The van der Waals surface area contributed by atoms with Crippen LogP contribution < -0.4 is 0 Å². The predicted octanol–water partition coefficient (Wildman–Crippen LogP) is 2.48. The second-order valence-electron chi connectivity index (χ2n) is 5.08. The maximum Gasteiger partial charge on any atom is 0.268 e. The molecule has 98 valence electrons. The van der Waals surface area contributed by atoms with E-state index in [1.54, 1.807) is 0 Å². The molecule has 0 heterocycles. The molecule has 1 saturated carbocycles. The fourth-order valence-electron chi connectivity index (χ4n) is 2.91. The van der Waals surface area contributed by atoms with E-state index < -0.39 is 15.4 Å². The van der Waals surface area contributed by atoms with Gasteiger partial charge in [-0.15, -0.1) is 0 Å². The molecule has 1 N–H and O–H groups in total. The molecule has 1 rings (SSSR count). The zero-order chi connectivity index (χ0) is 13.2. The van der Waals surface area contributed by atoms with Crippen LogP contribution >= 0.6 is 0 Å². The van der Waals surface area contributed by atoms with Crippen LogP contribution in [-0.4, -0.2) is 24.8 Å². The van der Waals surface area contributed by atoms with Crippen molar-refractivity contribution < 1.29 is 13.0 Å². The number of hydrogen-bond acceptors (Lipinski definition) is 3. The summed E-state index contributed by atoms with van der Waals surface area (Å²) < 4.78 is 32.2. The minimum Gasteiger partial charge on any atom is -0.285 e. The first-order valence-electron chi connectivity index (χ1n) is 5.76. The molecule has 0 bridgehead atoms.